The molecule has 1 unspecified atom stereocenters. The third-order valence-corrected chi connectivity index (χ3v) is 4.43. The zero-order valence-corrected chi connectivity index (χ0v) is 16.2. The van der Waals surface area contributed by atoms with Gasteiger partial charge in [-0.05, 0) is 50.8 Å². The van der Waals surface area contributed by atoms with Crippen LogP contribution in [0, 0.1) is 0 Å². The number of hydrogen-bond acceptors (Lipinski definition) is 3. The molecule has 0 radical (unpaired) electrons. The van der Waals surface area contributed by atoms with Crippen LogP contribution < -0.4 is 0 Å². The molecule has 1 heterocycles. The van der Waals surface area contributed by atoms with Gasteiger partial charge in [-0.15, -0.1) is 0 Å². The van der Waals surface area contributed by atoms with Crippen LogP contribution in [0.2, 0.25) is 0 Å². The second kappa shape index (κ2) is 7.39. The van der Waals surface area contributed by atoms with Crippen LogP contribution in [0.3, 0.4) is 0 Å². The van der Waals surface area contributed by atoms with E-state index in [4.69, 9.17) is 4.74 Å². The molecule has 2 aromatic rings. The maximum atomic E-state index is 12.5. The minimum Gasteiger partial charge on any atom is -0.443 e. The topological polar surface area (TPSA) is 46.6 Å². The summed E-state index contributed by atoms with van der Waals surface area (Å²) < 4.78 is 5.42. The number of carbonyl (C=O) groups excluding carboxylic acids is 2. The largest absolute Gasteiger partial charge is 0.443 e. The summed E-state index contributed by atoms with van der Waals surface area (Å²) in [7, 11) is 0. The number of imide groups is 1. The van der Waals surface area contributed by atoms with Crippen LogP contribution in [-0.4, -0.2) is 28.5 Å². The van der Waals surface area contributed by atoms with E-state index in [1.807, 2.05) is 36.4 Å². The zero-order chi connectivity index (χ0) is 19.6. The highest BCUT2D eigenvalue weighted by Crippen LogP contribution is 2.25. The SMILES string of the molecule is CC1=CC(Cc2ccc(-c3ccccc3)cc2)N(C(=O)OC(C)(C)C)C1=O. The molecule has 140 valence electrons. The Balaban J connectivity index is 1.76. The average molecular weight is 363 g/mol. The first kappa shape index (κ1) is 18.9. The molecule has 0 saturated heterocycles. The smallest absolute Gasteiger partial charge is 0.417 e. The van der Waals surface area contributed by atoms with E-state index in [0.29, 0.717) is 12.0 Å². The molecule has 1 aliphatic heterocycles. The Labute approximate surface area is 160 Å². The number of nitrogens with zero attached hydrogens (tertiary/aromatic N) is 1. The minimum atomic E-state index is -0.643. The van der Waals surface area contributed by atoms with Gasteiger partial charge in [-0.2, -0.15) is 0 Å². The van der Waals surface area contributed by atoms with Crippen LogP contribution >= 0.6 is 0 Å². The first-order valence-electron chi connectivity index (χ1n) is 9.14. The quantitative estimate of drug-likeness (QED) is 0.772. The molecule has 4 nitrogen and oxygen atoms in total. The number of ether oxygens (including phenoxy) is 1. The summed E-state index contributed by atoms with van der Waals surface area (Å²) >= 11 is 0. The molecule has 1 aliphatic rings. The second-order valence-corrected chi connectivity index (χ2v) is 7.84. The van der Waals surface area contributed by atoms with Gasteiger partial charge in [-0.3, -0.25) is 4.79 Å². The molecule has 0 aromatic heterocycles. The Kier molecular flexibility index (Phi) is 5.17. The third-order valence-electron chi connectivity index (χ3n) is 4.43. The van der Waals surface area contributed by atoms with E-state index in [2.05, 4.69) is 24.3 Å². The van der Waals surface area contributed by atoms with Crippen molar-refractivity contribution in [2.24, 2.45) is 0 Å². The van der Waals surface area contributed by atoms with Gasteiger partial charge >= 0.3 is 6.09 Å². The number of benzene rings is 2. The minimum absolute atomic E-state index is 0.282. The van der Waals surface area contributed by atoms with Gasteiger partial charge < -0.3 is 4.74 Å². The van der Waals surface area contributed by atoms with E-state index in [0.717, 1.165) is 16.7 Å². The van der Waals surface area contributed by atoms with E-state index in [1.165, 1.54) is 4.90 Å². The van der Waals surface area contributed by atoms with Gasteiger partial charge in [0.1, 0.15) is 5.60 Å². The van der Waals surface area contributed by atoms with Crippen molar-refractivity contribution in [1.29, 1.82) is 0 Å². The molecule has 0 aliphatic carbocycles. The third kappa shape index (κ3) is 4.45. The van der Waals surface area contributed by atoms with Crippen molar-refractivity contribution in [3.8, 4) is 11.1 Å². The molecule has 0 bridgehead atoms. The molecule has 3 rings (SSSR count). The van der Waals surface area contributed by atoms with E-state index in [-0.39, 0.29) is 11.9 Å². The van der Waals surface area contributed by atoms with Crippen molar-refractivity contribution in [3.05, 3.63) is 71.8 Å². The maximum Gasteiger partial charge on any atom is 0.417 e. The summed E-state index contributed by atoms with van der Waals surface area (Å²) in [6, 6.07) is 18.1. The van der Waals surface area contributed by atoms with Crippen LogP contribution in [0.15, 0.2) is 66.2 Å². The van der Waals surface area contributed by atoms with E-state index < -0.39 is 11.7 Å². The van der Waals surface area contributed by atoms with Gasteiger partial charge in [0.2, 0.25) is 0 Å². The van der Waals surface area contributed by atoms with Crippen molar-refractivity contribution in [3.63, 3.8) is 0 Å². The molecule has 2 amide bonds. The number of carbonyl (C=O) groups is 2. The normalized spacial score (nSPS) is 17.0. The van der Waals surface area contributed by atoms with E-state index in [1.54, 1.807) is 27.7 Å². The van der Waals surface area contributed by atoms with Crippen LogP contribution in [0.5, 0.6) is 0 Å². The number of rotatable bonds is 3. The lowest BCUT2D eigenvalue weighted by atomic mass is 10.0. The molecular formula is C23H25NO3. The fourth-order valence-corrected chi connectivity index (χ4v) is 3.16. The Morgan fingerprint density at radius 3 is 2.19 bits per heavy atom. The fourth-order valence-electron chi connectivity index (χ4n) is 3.16. The van der Waals surface area contributed by atoms with Crippen LogP contribution in [0.1, 0.15) is 33.3 Å². The monoisotopic (exact) mass is 363 g/mol. The summed E-state index contributed by atoms with van der Waals surface area (Å²) in [6.07, 6.45) is 1.82. The summed E-state index contributed by atoms with van der Waals surface area (Å²) in [4.78, 5) is 26.2. The molecular weight excluding hydrogens is 338 g/mol. The van der Waals surface area contributed by atoms with Crippen LogP contribution in [0.4, 0.5) is 4.79 Å². The van der Waals surface area contributed by atoms with Crippen LogP contribution in [0.25, 0.3) is 11.1 Å². The van der Waals surface area contributed by atoms with Crippen molar-refractivity contribution in [1.82, 2.24) is 4.90 Å². The van der Waals surface area contributed by atoms with Crippen molar-refractivity contribution in [2.45, 2.75) is 45.8 Å². The Bertz CT molecular complexity index is 861. The zero-order valence-electron chi connectivity index (χ0n) is 16.2. The Morgan fingerprint density at radius 1 is 1.00 bits per heavy atom. The van der Waals surface area contributed by atoms with Gasteiger partial charge in [-0.25, -0.2) is 9.69 Å². The molecule has 2 aromatic carbocycles. The summed E-state index contributed by atoms with van der Waals surface area (Å²) in [5, 5.41) is 0. The molecule has 1 atom stereocenters. The highest BCUT2D eigenvalue weighted by molar-refractivity contribution is 6.05. The summed E-state index contributed by atoms with van der Waals surface area (Å²) in [5.41, 5.74) is 3.29. The second-order valence-electron chi connectivity index (χ2n) is 7.84. The highest BCUT2D eigenvalue weighted by atomic mass is 16.6. The van der Waals surface area contributed by atoms with Crippen molar-refractivity contribution in [2.75, 3.05) is 0 Å². The van der Waals surface area contributed by atoms with E-state index in [9.17, 15) is 9.59 Å². The molecule has 0 saturated carbocycles. The van der Waals surface area contributed by atoms with Crippen LogP contribution in [-0.2, 0) is 16.0 Å². The molecule has 0 N–H and O–H groups in total. The maximum absolute atomic E-state index is 12.5. The van der Waals surface area contributed by atoms with Gasteiger partial charge in [0.15, 0.2) is 0 Å². The molecule has 0 spiro atoms. The average Bonchev–Trinajstić information content (AvgIpc) is 2.89. The Morgan fingerprint density at radius 2 is 1.59 bits per heavy atom. The van der Waals surface area contributed by atoms with E-state index >= 15 is 0 Å². The lowest BCUT2D eigenvalue weighted by molar-refractivity contribution is -0.126. The summed E-state index contributed by atoms with van der Waals surface area (Å²) in [5.74, 6) is -0.282. The highest BCUT2D eigenvalue weighted by Gasteiger charge is 2.37. The predicted molar refractivity (Wildman–Crippen MR) is 106 cm³/mol. The number of amides is 2. The molecule has 27 heavy (non-hydrogen) atoms. The standard InChI is InChI=1S/C23H25NO3/c1-16-14-20(24(21(16)25)22(26)27-23(2,3)4)15-17-10-12-19(13-11-17)18-8-6-5-7-9-18/h5-14,20H,15H2,1-4H3. The van der Waals surface area contributed by atoms with Gasteiger partial charge in [0.25, 0.3) is 5.91 Å². The Hall–Kier alpha value is -2.88. The summed E-state index contributed by atoms with van der Waals surface area (Å²) in [6.45, 7) is 7.12. The van der Waals surface area contributed by atoms with Crippen molar-refractivity contribution >= 4 is 12.0 Å². The van der Waals surface area contributed by atoms with Crippen molar-refractivity contribution < 1.29 is 14.3 Å². The first-order chi connectivity index (χ1) is 12.7. The molecule has 0 fully saturated rings. The van der Waals surface area contributed by atoms with Gasteiger partial charge in [0.05, 0.1) is 6.04 Å². The molecule has 4 heteroatoms. The fraction of sp³-hybridized carbons (Fsp3) is 0.304. The number of hydrogen-bond donors (Lipinski definition) is 0. The predicted octanol–water partition coefficient (Wildman–Crippen LogP) is 4.99. The lowest BCUT2D eigenvalue weighted by Gasteiger charge is -2.27. The first-order valence-corrected chi connectivity index (χ1v) is 9.14. The lowest BCUT2D eigenvalue weighted by Crippen LogP contribution is -2.44. The van der Waals surface area contributed by atoms with Gasteiger partial charge in [-0.1, -0.05) is 60.7 Å². The van der Waals surface area contributed by atoms with Gasteiger partial charge in [0, 0.05) is 5.57 Å².